The summed E-state index contributed by atoms with van der Waals surface area (Å²) in [4.78, 5) is 24.2. The first-order chi connectivity index (χ1) is 12.9. The molecule has 1 saturated carbocycles. The molecule has 1 aliphatic heterocycles. The number of nitrogens with zero attached hydrogens (tertiary/aromatic N) is 1. The summed E-state index contributed by atoms with van der Waals surface area (Å²) in [5.74, 6) is -1.23. The number of fused-ring (bicyclic) bond motifs is 1. The standard InChI is InChI=1S/C21H21FN2O3/c1-11-15(13-4-5-14(10-23)18(22)8-13)6-7-24-19(11)16(12-2-3-12)9-17(20(24)25)21(26)27/h4-5,8-9,12H,2-3,6-7,10,23H2,1H3,(H,26,27). The minimum absolute atomic E-state index is 0.145. The van der Waals surface area contributed by atoms with Crippen LogP contribution in [0.4, 0.5) is 4.39 Å². The van der Waals surface area contributed by atoms with Crippen molar-refractivity contribution in [3.63, 3.8) is 0 Å². The van der Waals surface area contributed by atoms with Gasteiger partial charge in [0.15, 0.2) is 0 Å². The molecule has 1 aliphatic carbocycles. The Labute approximate surface area is 155 Å². The Morgan fingerprint density at radius 3 is 2.67 bits per heavy atom. The number of rotatable bonds is 4. The van der Waals surface area contributed by atoms with E-state index < -0.39 is 11.5 Å². The van der Waals surface area contributed by atoms with Gasteiger partial charge < -0.3 is 15.4 Å². The van der Waals surface area contributed by atoms with Gasteiger partial charge in [0, 0.05) is 18.7 Å². The normalized spacial score (nSPS) is 16.4. The van der Waals surface area contributed by atoms with Crippen molar-refractivity contribution in [3.05, 3.63) is 68.4 Å². The van der Waals surface area contributed by atoms with Crippen LogP contribution in [-0.4, -0.2) is 15.6 Å². The van der Waals surface area contributed by atoms with E-state index in [2.05, 4.69) is 0 Å². The zero-order chi connectivity index (χ0) is 19.3. The summed E-state index contributed by atoms with van der Waals surface area (Å²) < 4.78 is 15.8. The fraction of sp³-hybridized carbons (Fsp3) is 0.333. The molecule has 4 rings (SSSR count). The van der Waals surface area contributed by atoms with E-state index in [9.17, 15) is 19.1 Å². The van der Waals surface area contributed by atoms with Crippen molar-refractivity contribution < 1.29 is 14.3 Å². The number of carboxylic acids is 1. The summed E-state index contributed by atoms with van der Waals surface area (Å²) in [5, 5.41) is 9.39. The monoisotopic (exact) mass is 368 g/mol. The van der Waals surface area contributed by atoms with Gasteiger partial charge in [-0.25, -0.2) is 9.18 Å². The molecule has 5 nitrogen and oxygen atoms in total. The number of nitrogens with two attached hydrogens (primary N) is 1. The minimum Gasteiger partial charge on any atom is -0.477 e. The Morgan fingerprint density at radius 1 is 1.33 bits per heavy atom. The molecule has 0 amide bonds. The first-order valence-corrected chi connectivity index (χ1v) is 9.12. The van der Waals surface area contributed by atoms with E-state index in [1.54, 1.807) is 16.7 Å². The number of carbonyl (C=O) groups is 1. The molecule has 0 radical (unpaired) electrons. The summed E-state index contributed by atoms with van der Waals surface area (Å²) >= 11 is 0. The topological polar surface area (TPSA) is 85.3 Å². The molecule has 140 valence electrons. The van der Waals surface area contributed by atoms with E-state index in [0.717, 1.165) is 40.8 Å². The number of carboxylic acid groups (broad SMARTS) is 1. The quantitative estimate of drug-likeness (QED) is 0.867. The van der Waals surface area contributed by atoms with E-state index in [4.69, 9.17) is 5.73 Å². The highest BCUT2D eigenvalue weighted by Gasteiger charge is 2.32. The van der Waals surface area contributed by atoms with Crippen molar-refractivity contribution in [2.24, 2.45) is 5.73 Å². The lowest BCUT2D eigenvalue weighted by atomic mass is 9.88. The fourth-order valence-corrected chi connectivity index (χ4v) is 3.99. The number of benzene rings is 1. The Bertz CT molecular complexity index is 1050. The molecule has 0 spiro atoms. The molecule has 3 N–H and O–H groups in total. The zero-order valence-corrected chi connectivity index (χ0v) is 15.1. The molecule has 0 saturated heterocycles. The minimum atomic E-state index is -1.19. The smallest absolute Gasteiger partial charge is 0.341 e. The molecular formula is C21H21FN2O3. The third-order valence-electron chi connectivity index (χ3n) is 5.58. The lowest BCUT2D eigenvalue weighted by Crippen LogP contribution is -2.32. The first-order valence-electron chi connectivity index (χ1n) is 9.12. The number of hydrogen-bond donors (Lipinski definition) is 2. The van der Waals surface area contributed by atoms with Gasteiger partial charge in [-0.3, -0.25) is 4.79 Å². The molecule has 1 aromatic heterocycles. The van der Waals surface area contributed by atoms with Crippen LogP contribution in [0.25, 0.3) is 11.1 Å². The van der Waals surface area contributed by atoms with Gasteiger partial charge in [-0.1, -0.05) is 12.1 Å². The van der Waals surface area contributed by atoms with E-state index in [0.29, 0.717) is 18.5 Å². The number of allylic oxidation sites excluding steroid dienone is 2. The highest BCUT2D eigenvalue weighted by Crippen LogP contribution is 2.45. The van der Waals surface area contributed by atoms with Crippen LogP contribution in [-0.2, 0) is 13.1 Å². The van der Waals surface area contributed by atoms with E-state index in [1.807, 2.05) is 13.0 Å². The van der Waals surface area contributed by atoms with E-state index in [1.165, 1.54) is 6.07 Å². The molecule has 2 aromatic rings. The number of halogens is 1. The van der Waals surface area contributed by atoms with Crippen molar-refractivity contribution >= 4 is 17.1 Å². The van der Waals surface area contributed by atoms with Crippen LogP contribution in [0.2, 0.25) is 0 Å². The van der Waals surface area contributed by atoms with Crippen molar-refractivity contribution in [1.82, 2.24) is 4.57 Å². The summed E-state index contributed by atoms with van der Waals surface area (Å²) in [7, 11) is 0. The number of aromatic nitrogens is 1. The van der Waals surface area contributed by atoms with Crippen LogP contribution in [0.5, 0.6) is 0 Å². The molecule has 1 aromatic carbocycles. The highest BCUT2D eigenvalue weighted by atomic mass is 19.1. The highest BCUT2D eigenvalue weighted by molar-refractivity contribution is 5.93. The van der Waals surface area contributed by atoms with Gasteiger partial charge in [0.05, 0.1) is 5.69 Å². The maximum Gasteiger partial charge on any atom is 0.341 e. The van der Waals surface area contributed by atoms with Gasteiger partial charge in [-0.15, -0.1) is 0 Å². The molecule has 0 unspecified atom stereocenters. The zero-order valence-electron chi connectivity index (χ0n) is 15.1. The molecule has 27 heavy (non-hydrogen) atoms. The maximum absolute atomic E-state index is 14.2. The predicted octanol–water partition coefficient (Wildman–Crippen LogP) is 3.36. The van der Waals surface area contributed by atoms with Gasteiger partial charge >= 0.3 is 5.97 Å². The van der Waals surface area contributed by atoms with Crippen LogP contribution in [0.15, 0.2) is 29.1 Å². The molecule has 0 atom stereocenters. The third-order valence-corrected chi connectivity index (χ3v) is 5.58. The van der Waals surface area contributed by atoms with E-state index >= 15 is 0 Å². The van der Waals surface area contributed by atoms with E-state index in [-0.39, 0.29) is 23.8 Å². The van der Waals surface area contributed by atoms with Crippen LogP contribution < -0.4 is 11.3 Å². The Hall–Kier alpha value is -2.73. The van der Waals surface area contributed by atoms with Gasteiger partial charge in [0.1, 0.15) is 11.4 Å². The van der Waals surface area contributed by atoms with Crippen molar-refractivity contribution in [2.45, 2.75) is 45.2 Å². The molecule has 0 bridgehead atoms. The summed E-state index contributed by atoms with van der Waals surface area (Å²) in [6.07, 6.45) is 2.53. The van der Waals surface area contributed by atoms with Gasteiger partial charge in [-0.05, 0) is 66.5 Å². The number of hydrogen-bond acceptors (Lipinski definition) is 3. The first kappa shape index (κ1) is 17.7. The largest absolute Gasteiger partial charge is 0.477 e. The fourth-order valence-electron chi connectivity index (χ4n) is 3.99. The Balaban J connectivity index is 1.92. The van der Waals surface area contributed by atoms with Gasteiger partial charge in [0.25, 0.3) is 5.56 Å². The molecule has 2 aliphatic rings. The molecule has 1 fully saturated rings. The second kappa shape index (κ2) is 6.46. The SMILES string of the molecule is CC1=C(c2ccc(CN)c(F)c2)CCn2c1c(C1CC1)cc(C(=O)O)c2=O. The Kier molecular flexibility index (Phi) is 4.23. The number of pyridine rings is 1. The average Bonchev–Trinajstić information content (AvgIpc) is 3.47. The maximum atomic E-state index is 14.2. The molecule has 6 heteroatoms. The summed E-state index contributed by atoms with van der Waals surface area (Å²) in [6.45, 7) is 2.47. The van der Waals surface area contributed by atoms with Crippen LogP contribution in [0, 0.1) is 5.82 Å². The third kappa shape index (κ3) is 2.90. The lowest BCUT2D eigenvalue weighted by Gasteiger charge is -2.26. The summed E-state index contributed by atoms with van der Waals surface area (Å²) in [6, 6.07) is 6.60. The van der Waals surface area contributed by atoms with Gasteiger partial charge in [-0.2, -0.15) is 0 Å². The molecular weight excluding hydrogens is 347 g/mol. The summed E-state index contributed by atoms with van der Waals surface area (Å²) in [5.41, 5.74) is 9.78. The lowest BCUT2D eigenvalue weighted by molar-refractivity contribution is 0.0694. The second-order valence-corrected chi connectivity index (χ2v) is 7.26. The van der Waals surface area contributed by atoms with Crippen molar-refractivity contribution in [1.29, 1.82) is 0 Å². The average molecular weight is 368 g/mol. The van der Waals surface area contributed by atoms with Crippen LogP contribution in [0.1, 0.15) is 64.8 Å². The number of aromatic carboxylic acids is 1. The van der Waals surface area contributed by atoms with Crippen LogP contribution in [0.3, 0.4) is 0 Å². The van der Waals surface area contributed by atoms with Crippen molar-refractivity contribution in [2.75, 3.05) is 0 Å². The van der Waals surface area contributed by atoms with Crippen LogP contribution >= 0.6 is 0 Å². The van der Waals surface area contributed by atoms with Crippen molar-refractivity contribution in [3.8, 4) is 0 Å². The predicted molar refractivity (Wildman–Crippen MR) is 101 cm³/mol. The molecule has 2 heterocycles. The Morgan fingerprint density at radius 2 is 2.07 bits per heavy atom. The van der Waals surface area contributed by atoms with Gasteiger partial charge in [0.2, 0.25) is 0 Å². The second-order valence-electron chi connectivity index (χ2n) is 7.26.